The summed E-state index contributed by atoms with van der Waals surface area (Å²) < 4.78 is 0. The fourth-order valence-electron chi connectivity index (χ4n) is 1.59. The maximum Gasteiger partial charge on any atom is 0.315 e. The van der Waals surface area contributed by atoms with Gasteiger partial charge in [0.1, 0.15) is 0 Å². The molecule has 0 unspecified atom stereocenters. The summed E-state index contributed by atoms with van der Waals surface area (Å²) in [4.78, 5) is 11.9. The number of carbonyl (C=O) groups is 1. The number of aliphatic hydroxyl groups is 1. The van der Waals surface area contributed by atoms with Crippen LogP contribution in [0.15, 0.2) is 30.3 Å². The van der Waals surface area contributed by atoms with Gasteiger partial charge in [-0.1, -0.05) is 30.3 Å². The molecular formula is C14H22N2O2. The molecule has 1 aromatic carbocycles. The van der Waals surface area contributed by atoms with Crippen molar-refractivity contribution in [2.24, 2.45) is 0 Å². The van der Waals surface area contributed by atoms with Crippen molar-refractivity contribution in [3.63, 3.8) is 0 Å². The van der Waals surface area contributed by atoms with E-state index in [9.17, 15) is 4.79 Å². The second-order valence-electron chi connectivity index (χ2n) is 5.61. The first kappa shape index (κ1) is 14.5. The average molecular weight is 250 g/mol. The Morgan fingerprint density at radius 1 is 1.11 bits per heavy atom. The number of rotatable bonds is 4. The molecule has 18 heavy (non-hydrogen) atoms. The summed E-state index contributed by atoms with van der Waals surface area (Å²) in [5.74, 6) is 0. The molecule has 0 saturated heterocycles. The van der Waals surface area contributed by atoms with Crippen molar-refractivity contribution >= 4 is 6.03 Å². The number of aliphatic hydroxyl groups excluding tert-OH is 1. The van der Waals surface area contributed by atoms with Crippen molar-refractivity contribution in [1.82, 2.24) is 10.6 Å². The van der Waals surface area contributed by atoms with Crippen LogP contribution in [0, 0.1) is 0 Å². The first-order valence-electron chi connectivity index (χ1n) is 6.03. The lowest BCUT2D eigenvalue weighted by Crippen LogP contribution is -2.54. The van der Waals surface area contributed by atoms with E-state index >= 15 is 0 Å². The number of amides is 2. The van der Waals surface area contributed by atoms with Crippen LogP contribution in [0.4, 0.5) is 4.79 Å². The summed E-state index contributed by atoms with van der Waals surface area (Å²) in [7, 11) is 0. The number of urea groups is 1. The van der Waals surface area contributed by atoms with Gasteiger partial charge in [-0.3, -0.25) is 0 Å². The molecule has 0 atom stereocenters. The monoisotopic (exact) mass is 250 g/mol. The summed E-state index contributed by atoms with van der Waals surface area (Å²) in [6.07, 6.45) is 0. The Balaban J connectivity index is 2.70. The molecule has 0 aliphatic carbocycles. The van der Waals surface area contributed by atoms with Gasteiger partial charge in [-0.15, -0.1) is 0 Å². The van der Waals surface area contributed by atoms with Gasteiger partial charge in [-0.05, 0) is 33.3 Å². The molecule has 1 rings (SSSR count). The lowest BCUT2D eigenvalue weighted by molar-refractivity contribution is 0.177. The minimum atomic E-state index is -0.628. The molecule has 0 aliphatic rings. The van der Waals surface area contributed by atoms with Crippen molar-refractivity contribution in [2.45, 2.75) is 38.8 Å². The van der Waals surface area contributed by atoms with Crippen LogP contribution in [-0.2, 0) is 5.54 Å². The maximum absolute atomic E-state index is 11.9. The molecule has 0 spiro atoms. The molecule has 4 nitrogen and oxygen atoms in total. The van der Waals surface area contributed by atoms with Crippen LogP contribution >= 0.6 is 0 Å². The van der Waals surface area contributed by atoms with E-state index in [1.807, 2.05) is 44.2 Å². The van der Waals surface area contributed by atoms with Crippen molar-refractivity contribution < 1.29 is 9.90 Å². The predicted molar refractivity (Wildman–Crippen MR) is 72.3 cm³/mol. The zero-order chi connectivity index (χ0) is 13.8. The summed E-state index contributed by atoms with van der Waals surface area (Å²) in [5, 5.41) is 14.7. The highest BCUT2D eigenvalue weighted by Gasteiger charge is 2.25. The van der Waals surface area contributed by atoms with E-state index in [-0.39, 0.29) is 12.6 Å². The third kappa shape index (κ3) is 4.04. The third-order valence-corrected chi connectivity index (χ3v) is 2.77. The van der Waals surface area contributed by atoms with Gasteiger partial charge >= 0.3 is 6.03 Å². The minimum absolute atomic E-state index is 0.105. The molecule has 0 saturated carbocycles. The Bertz CT molecular complexity index is 400. The summed E-state index contributed by atoms with van der Waals surface area (Å²) in [6, 6.07) is 9.47. The smallest absolute Gasteiger partial charge is 0.315 e. The SMILES string of the molecule is CC(C)(CO)NC(=O)NC(C)(C)c1ccccc1. The molecule has 0 aliphatic heterocycles. The van der Waals surface area contributed by atoms with E-state index in [2.05, 4.69) is 10.6 Å². The van der Waals surface area contributed by atoms with E-state index in [1.54, 1.807) is 13.8 Å². The van der Waals surface area contributed by atoms with Gasteiger partial charge in [-0.25, -0.2) is 4.79 Å². The van der Waals surface area contributed by atoms with Gasteiger partial charge in [-0.2, -0.15) is 0 Å². The third-order valence-electron chi connectivity index (χ3n) is 2.77. The fraction of sp³-hybridized carbons (Fsp3) is 0.500. The summed E-state index contributed by atoms with van der Waals surface area (Å²) in [6.45, 7) is 7.30. The van der Waals surface area contributed by atoms with Crippen LogP contribution in [0.2, 0.25) is 0 Å². The minimum Gasteiger partial charge on any atom is -0.394 e. The zero-order valence-corrected chi connectivity index (χ0v) is 11.4. The molecule has 0 heterocycles. The van der Waals surface area contributed by atoms with Crippen LogP contribution < -0.4 is 10.6 Å². The number of hydrogen-bond donors (Lipinski definition) is 3. The van der Waals surface area contributed by atoms with Gasteiger partial charge in [0.15, 0.2) is 0 Å². The molecule has 100 valence electrons. The van der Waals surface area contributed by atoms with Gasteiger partial charge in [0.05, 0.1) is 17.7 Å². The number of hydrogen-bond acceptors (Lipinski definition) is 2. The van der Waals surface area contributed by atoms with Crippen molar-refractivity contribution in [3.8, 4) is 0 Å². The molecular weight excluding hydrogens is 228 g/mol. The molecule has 0 fully saturated rings. The summed E-state index contributed by atoms with van der Waals surface area (Å²) >= 11 is 0. The lowest BCUT2D eigenvalue weighted by Gasteiger charge is -2.30. The molecule has 4 heteroatoms. The second kappa shape index (κ2) is 5.40. The Morgan fingerprint density at radius 2 is 1.67 bits per heavy atom. The molecule has 3 N–H and O–H groups in total. The predicted octanol–water partition coefficient (Wildman–Crippen LogP) is 1.99. The lowest BCUT2D eigenvalue weighted by atomic mass is 9.94. The van der Waals surface area contributed by atoms with Crippen molar-refractivity contribution in [3.05, 3.63) is 35.9 Å². The van der Waals surface area contributed by atoms with Gasteiger partial charge in [0, 0.05) is 0 Å². The van der Waals surface area contributed by atoms with Crippen molar-refractivity contribution in [2.75, 3.05) is 6.61 Å². The van der Waals surface area contributed by atoms with E-state index in [0.29, 0.717) is 0 Å². The van der Waals surface area contributed by atoms with E-state index in [1.165, 1.54) is 0 Å². The fourth-order valence-corrected chi connectivity index (χ4v) is 1.59. The molecule has 0 radical (unpaired) electrons. The van der Waals surface area contributed by atoms with E-state index < -0.39 is 11.1 Å². The van der Waals surface area contributed by atoms with E-state index in [4.69, 9.17) is 5.11 Å². The normalized spacial score (nSPS) is 12.1. The molecule has 0 aromatic heterocycles. The van der Waals surface area contributed by atoms with Gasteiger partial charge in [0.25, 0.3) is 0 Å². The number of nitrogens with one attached hydrogen (secondary N) is 2. The number of carbonyl (C=O) groups excluding carboxylic acids is 1. The Hall–Kier alpha value is -1.55. The molecule has 1 aromatic rings. The Morgan fingerprint density at radius 3 is 2.17 bits per heavy atom. The highest BCUT2D eigenvalue weighted by atomic mass is 16.3. The zero-order valence-electron chi connectivity index (χ0n) is 11.4. The Labute approximate surface area is 108 Å². The maximum atomic E-state index is 11.9. The summed E-state index contributed by atoms with van der Waals surface area (Å²) in [5.41, 5.74) is -0.0600. The Kier molecular flexibility index (Phi) is 4.35. The van der Waals surface area contributed by atoms with Crippen LogP contribution in [0.1, 0.15) is 33.3 Å². The van der Waals surface area contributed by atoms with Crippen LogP contribution in [-0.4, -0.2) is 23.3 Å². The van der Waals surface area contributed by atoms with Crippen LogP contribution in [0.3, 0.4) is 0 Å². The van der Waals surface area contributed by atoms with Crippen molar-refractivity contribution in [1.29, 1.82) is 0 Å². The molecule has 2 amide bonds. The van der Waals surface area contributed by atoms with Gasteiger partial charge in [0.2, 0.25) is 0 Å². The highest BCUT2D eigenvalue weighted by Crippen LogP contribution is 2.19. The van der Waals surface area contributed by atoms with Crippen LogP contribution in [0.5, 0.6) is 0 Å². The highest BCUT2D eigenvalue weighted by molar-refractivity contribution is 5.75. The first-order chi connectivity index (χ1) is 8.27. The van der Waals surface area contributed by atoms with E-state index in [0.717, 1.165) is 5.56 Å². The topological polar surface area (TPSA) is 61.4 Å². The first-order valence-corrected chi connectivity index (χ1v) is 6.03. The standard InChI is InChI=1S/C14H22N2O2/c1-13(2,10-17)15-12(18)16-14(3,4)11-8-6-5-7-9-11/h5-9,17H,10H2,1-4H3,(H2,15,16,18). The largest absolute Gasteiger partial charge is 0.394 e. The second-order valence-corrected chi connectivity index (χ2v) is 5.61. The molecule has 0 bridgehead atoms. The van der Waals surface area contributed by atoms with Crippen LogP contribution in [0.25, 0.3) is 0 Å². The number of benzene rings is 1. The average Bonchev–Trinajstić information content (AvgIpc) is 2.28. The van der Waals surface area contributed by atoms with Gasteiger partial charge < -0.3 is 15.7 Å². The quantitative estimate of drug-likeness (QED) is 0.765.